The lowest BCUT2D eigenvalue weighted by Crippen LogP contribution is -2.32. The van der Waals surface area contributed by atoms with E-state index >= 15 is 0 Å². The molecule has 7 nitrogen and oxygen atoms in total. The minimum absolute atomic E-state index is 0.0904. The van der Waals surface area contributed by atoms with Gasteiger partial charge in [0.1, 0.15) is 4.88 Å². The average molecular weight is 362 g/mol. The van der Waals surface area contributed by atoms with Crippen LogP contribution < -0.4 is 5.32 Å². The topological polar surface area (TPSA) is 98.5 Å². The lowest BCUT2D eigenvalue weighted by Gasteiger charge is -2.18. The average Bonchev–Trinajstić information content (AvgIpc) is 3.10. The number of nitrogens with zero attached hydrogens (tertiary/aromatic N) is 1. The summed E-state index contributed by atoms with van der Waals surface area (Å²) in [5.74, 6) is -1.17. The van der Waals surface area contributed by atoms with Gasteiger partial charge in [0.25, 0.3) is 5.91 Å². The highest BCUT2D eigenvalue weighted by Gasteiger charge is 2.19. The minimum Gasteiger partial charge on any atom is -0.451 e. The Kier molecular flexibility index (Phi) is 6.64. The molecule has 0 aliphatic carbocycles. The van der Waals surface area contributed by atoms with Crippen LogP contribution in [0.1, 0.15) is 41.0 Å². The first-order chi connectivity index (χ1) is 12.0. The number of nitrogens with one attached hydrogen (secondary N) is 1. The molecule has 1 aromatic carbocycles. The van der Waals surface area contributed by atoms with Gasteiger partial charge in [-0.25, -0.2) is 4.79 Å². The van der Waals surface area contributed by atoms with Gasteiger partial charge in [0.2, 0.25) is 0 Å². The highest BCUT2D eigenvalue weighted by atomic mass is 32.1. The molecule has 2 rings (SSSR count). The van der Waals surface area contributed by atoms with Crippen molar-refractivity contribution in [2.45, 2.75) is 25.8 Å². The summed E-state index contributed by atoms with van der Waals surface area (Å²) in [6.45, 7) is 1.59. The molecule has 1 amide bonds. The number of hydrogen-bond donors (Lipinski definition) is 1. The Bertz CT molecular complexity index is 745. The number of amides is 1. The SMILES string of the molecule is CCC[C@@H](NC(=O)COC(=O)c1ccc([N+](=O)[O-])s1)c1ccccc1. The number of rotatable bonds is 8. The number of hydrogen-bond acceptors (Lipinski definition) is 6. The van der Waals surface area contributed by atoms with Crippen molar-refractivity contribution in [3.05, 3.63) is 63.0 Å². The van der Waals surface area contributed by atoms with Crippen LogP contribution in [0.25, 0.3) is 0 Å². The van der Waals surface area contributed by atoms with Crippen molar-refractivity contribution >= 4 is 28.2 Å². The maximum atomic E-state index is 12.1. The van der Waals surface area contributed by atoms with Gasteiger partial charge in [-0.05, 0) is 18.1 Å². The summed E-state index contributed by atoms with van der Waals surface area (Å²) in [7, 11) is 0. The van der Waals surface area contributed by atoms with Gasteiger partial charge >= 0.3 is 11.0 Å². The quantitative estimate of drug-likeness (QED) is 0.440. The molecular formula is C17H18N2O5S. The summed E-state index contributed by atoms with van der Waals surface area (Å²) in [5, 5.41) is 13.3. The van der Waals surface area contributed by atoms with Crippen molar-refractivity contribution in [2.24, 2.45) is 0 Å². The predicted octanol–water partition coefficient (Wildman–Crippen LogP) is 3.47. The molecule has 0 aliphatic heterocycles. The molecule has 1 N–H and O–H groups in total. The van der Waals surface area contributed by atoms with Crippen LogP contribution in [0.3, 0.4) is 0 Å². The molecule has 0 saturated heterocycles. The lowest BCUT2D eigenvalue weighted by atomic mass is 10.0. The van der Waals surface area contributed by atoms with Crippen LogP contribution in [0.5, 0.6) is 0 Å². The van der Waals surface area contributed by atoms with E-state index in [0.717, 1.165) is 18.4 Å². The summed E-state index contributed by atoms with van der Waals surface area (Å²) in [6, 6.07) is 11.9. The fourth-order valence-corrected chi connectivity index (χ4v) is 2.98. The molecule has 0 unspecified atom stereocenters. The first-order valence-corrected chi connectivity index (χ1v) is 8.58. The Morgan fingerprint density at radius 1 is 1.24 bits per heavy atom. The Hall–Kier alpha value is -2.74. The second-order valence-electron chi connectivity index (χ2n) is 5.29. The largest absolute Gasteiger partial charge is 0.451 e. The molecular weight excluding hydrogens is 344 g/mol. The fourth-order valence-electron chi connectivity index (χ4n) is 2.27. The van der Waals surface area contributed by atoms with E-state index in [0.29, 0.717) is 11.3 Å². The number of carbonyl (C=O) groups is 2. The standard InChI is InChI=1S/C17H18N2O5S/c1-2-6-13(12-7-4-3-5-8-12)18-15(20)11-24-17(21)14-9-10-16(25-14)19(22)23/h3-5,7-10,13H,2,6,11H2,1H3,(H,18,20)/t13-/m1/s1. The normalized spacial score (nSPS) is 11.6. The van der Waals surface area contributed by atoms with Crippen LogP contribution in [0.15, 0.2) is 42.5 Å². The molecule has 0 aliphatic rings. The van der Waals surface area contributed by atoms with Crippen LogP contribution in [0.2, 0.25) is 0 Å². The Morgan fingerprint density at radius 2 is 1.96 bits per heavy atom. The molecule has 8 heteroatoms. The van der Waals surface area contributed by atoms with Gasteiger partial charge in [0.15, 0.2) is 6.61 Å². The third-order valence-electron chi connectivity index (χ3n) is 3.42. The summed E-state index contributed by atoms with van der Waals surface area (Å²) in [6.07, 6.45) is 1.65. The van der Waals surface area contributed by atoms with Gasteiger partial charge < -0.3 is 10.1 Å². The van der Waals surface area contributed by atoms with Gasteiger partial charge in [-0.15, -0.1) is 0 Å². The molecule has 0 bridgehead atoms. The van der Waals surface area contributed by atoms with Crippen LogP contribution in [-0.4, -0.2) is 23.4 Å². The molecule has 0 saturated carbocycles. The van der Waals surface area contributed by atoms with Gasteiger partial charge in [-0.3, -0.25) is 14.9 Å². The van der Waals surface area contributed by atoms with Crippen LogP contribution in [0, 0.1) is 10.1 Å². The molecule has 1 atom stereocenters. The zero-order valence-corrected chi connectivity index (χ0v) is 14.5. The number of benzene rings is 1. The van der Waals surface area contributed by atoms with E-state index in [1.165, 1.54) is 12.1 Å². The highest BCUT2D eigenvalue weighted by molar-refractivity contribution is 7.17. The van der Waals surface area contributed by atoms with Crippen molar-refractivity contribution in [1.29, 1.82) is 0 Å². The minimum atomic E-state index is -0.750. The molecule has 0 radical (unpaired) electrons. The number of esters is 1. The van der Waals surface area contributed by atoms with Crippen LogP contribution >= 0.6 is 11.3 Å². The fraction of sp³-hybridized carbons (Fsp3) is 0.294. The second-order valence-corrected chi connectivity index (χ2v) is 6.35. The van der Waals surface area contributed by atoms with E-state index in [2.05, 4.69) is 5.32 Å². The van der Waals surface area contributed by atoms with Crippen molar-refractivity contribution in [2.75, 3.05) is 6.61 Å². The lowest BCUT2D eigenvalue weighted by molar-refractivity contribution is -0.380. The van der Waals surface area contributed by atoms with Gasteiger partial charge in [-0.2, -0.15) is 0 Å². The third-order valence-corrected chi connectivity index (χ3v) is 4.44. The van der Waals surface area contributed by atoms with Crippen molar-refractivity contribution in [3.8, 4) is 0 Å². The van der Waals surface area contributed by atoms with E-state index in [1.54, 1.807) is 0 Å². The predicted molar refractivity (Wildman–Crippen MR) is 93.5 cm³/mol. The monoisotopic (exact) mass is 362 g/mol. The molecule has 0 fully saturated rings. The van der Waals surface area contributed by atoms with Gasteiger partial charge in [0, 0.05) is 6.07 Å². The summed E-state index contributed by atoms with van der Waals surface area (Å²) >= 11 is 0.714. The van der Waals surface area contributed by atoms with Crippen molar-refractivity contribution < 1.29 is 19.2 Å². The first-order valence-electron chi connectivity index (χ1n) is 7.77. The van der Waals surface area contributed by atoms with Gasteiger partial charge in [-0.1, -0.05) is 55.0 Å². The van der Waals surface area contributed by atoms with Crippen LogP contribution in [-0.2, 0) is 9.53 Å². The van der Waals surface area contributed by atoms with E-state index in [-0.39, 0.29) is 15.9 Å². The molecule has 1 heterocycles. The number of nitro groups is 1. The van der Waals surface area contributed by atoms with Gasteiger partial charge in [0.05, 0.1) is 11.0 Å². The number of thiophene rings is 1. The zero-order chi connectivity index (χ0) is 18.2. The van der Waals surface area contributed by atoms with E-state index in [9.17, 15) is 19.7 Å². The van der Waals surface area contributed by atoms with Crippen molar-refractivity contribution in [3.63, 3.8) is 0 Å². The molecule has 2 aromatic rings. The van der Waals surface area contributed by atoms with E-state index < -0.39 is 23.4 Å². The highest BCUT2D eigenvalue weighted by Crippen LogP contribution is 2.24. The maximum Gasteiger partial charge on any atom is 0.349 e. The number of ether oxygens (including phenoxy) is 1. The molecule has 0 spiro atoms. The second kappa shape index (κ2) is 8.93. The summed E-state index contributed by atoms with van der Waals surface area (Å²) in [4.78, 5) is 34.0. The zero-order valence-electron chi connectivity index (χ0n) is 13.6. The summed E-state index contributed by atoms with van der Waals surface area (Å²) in [5.41, 5.74) is 0.984. The Labute approximate surface area is 148 Å². The first kappa shape index (κ1) is 18.6. The van der Waals surface area contributed by atoms with E-state index in [4.69, 9.17) is 4.74 Å². The molecule has 132 valence electrons. The van der Waals surface area contributed by atoms with E-state index in [1.807, 2.05) is 37.3 Å². The van der Waals surface area contributed by atoms with Crippen LogP contribution in [0.4, 0.5) is 5.00 Å². The van der Waals surface area contributed by atoms with Crippen molar-refractivity contribution in [1.82, 2.24) is 5.32 Å². The smallest absolute Gasteiger partial charge is 0.349 e. The molecule has 25 heavy (non-hydrogen) atoms. The Balaban J connectivity index is 1.90. The molecule has 1 aromatic heterocycles. The summed E-state index contributed by atoms with van der Waals surface area (Å²) < 4.78 is 4.93. The third kappa shape index (κ3) is 5.39. The number of carbonyl (C=O) groups excluding carboxylic acids is 2. The maximum absolute atomic E-state index is 12.1. The Morgan fingerprint density at radius 3 is 2.56 bits per heavy atom.